The van der Waals surface area contributed by atoms with Crippen molar-refractivity contribution in [2.75, 3.05) is 37.7 Å². The molecule has 2 heterocycles. The van der Waals surface area contributed by atoms with Gasteiger partial charge in [-0.05, 0) is 30.0 Å². The van der Waals surface area contributed by atoms with Gasteiger partial charge in [0.05, 0.1) is 13.2 Å². The highest BCUT2D eigenvalue weighted by Gasteiger charge is 2.34. The number of benzene rings is 2. The number of nitrogens with zero attached hydrogens (tertiary/aromatic N) is 2. The quantitative estimate of drug-likeness (QED) is 0.864. The number of carbonyl (C=O) groups excluding carboxylic acids is 1. The van der Waals surface area contributed by atoms with Crippen LogP contribution in [-0.2, 0) is 16.0 Å². The Morgan fingerprint density at radius 2 is 1.64 bits per heavy atom. The van der Waals surface area contributed by atoms with Gasteiger partial charge in [-0.3, -0.25) is 4.79 Å². The molecule has 0 spiro atoms. The van der Waals surface area contributed by atoms with Crippen LogP contribution in [0.2, 0.25) is 0 Å². The fraction of sp³-hybridized carbons (Fsp3) is 0.381. The average molecular weight is 336 g/mol. The van der Waals surface area contributed by atoms with E-state index >= 15 is 0 Å². The van der Waals surface area contributed by atoms with Crippen LogP contribution in [0.1, 0.15) is 23.6 Å². The monoisotopic (exact) mass is 336 g/mol. The lowest BCUT2D eigenvalue weighted by atomic mass is 9.96. The van der Waals surface area contributed by atoms with Crippen LogP contribution in [-0.4, -0.2) is 43.7 Å². The predicted octanol–water partition coefficient (Wildman–Crippen LogP) is 3.04. The summed E-state index contributed by atoms with van der Waals surface area (Å²) in [6.07, 6.45) is 2.16. The first-order valence-electron chi connectivity index (χ1n) is 9.10. The maximum absolute atomic E-state index is 13.4. The molecule has 1 fully saturated rings. The number of aryl methyl sites for hydroxylation is 1. The Balaban J connectivity index is 1.72. The summed E-state index contributed by atoms with van der Waals surface area (Å²) < 4.78 is 5.43. The van der Waals surface area contributed by atoms with Gasteiger partial charge in [0.15, 0.2) is 0 Å². The number of carbonyl (C=O) groups is 1. The molecule has 2 aliphatic heterocycles. The van der Waals surface area contributed by atoms with Crippen LogP contribution in [0, 0.1) is 0 Å². The van der Waals surface area contributed by atoms with Crippen molar-refractivity contribution in [2.24, 2.45) is 0 Å². The summed E-state index contributed by atoms with van der Waals surface area (Å²) >= 11 is 0. The van der Waals surface area contributed by atoms with Crippen LogP contribution in [0.25, 0.3) is 0 Å². The van der Waals surface area contributed by atoms with E-state index in [4.69, 9.17) is 4.74 Å². The van der Waals surface area contributed by atoms with Crippen LogP contribution in [0.4, 0.5) is 5.69 Å². The zero-order valence-electron chi connectivity index (χ0n) is 14.4. The number of hydrogen-bond acceptors (Lipinski definition) is 3. The lowest BCUT2D eigenvalue weighted by molar-refractivity contribution is -0.137. The fourth-order valence-corrected chi connectivity index (χ4v) is 3.88. The van der Waals surface area contributed by atoms with Crippen molar-refractivity contribution in [3.05, 3.63) is 65.7 Å². The lowest BCUT2D eigenvalue weighted by Crippen LogP contribution is -2.48. The summed E-state index contributed by atoms with van der Waals surface area (Å²) in [5, 5.41) is 0. The van der Waals surface area contributed by atoms with Gasteiger partial charge in [-0.15, -0.1) is 0 Å². The van der Waals surface area contributed by atoms with Gasteiger partial charge >= 0.3 is 0 Å². The Labute approximate surface area is 149 Å². The van der Waals surface area contributed by atoms with E-state index in [9.17, 15) is 4.79 Å². The minimum absolute atomic E-state index is 0.186. The van der Waals surface area contributed by atoms with Gasteiger partial charge in [-0.1, -0.05) is 48.5 Å². The molecule has 1 saturated heterocycles. The third-order valence-corrected chi connectivity index (χ3v) is 5.13. The predicted molar refractivity (Wildman–Crippen MR) is 98.7 cm³/mol. The highest BCUT2D eigenvalue weighted by atomic mass is 16.5. The van der Waals surface area contributed by atoms with Gasteiger partial charge in [0.2, 0.25) is 5.91 Å². The highest BCUT2D eigenvalue weighted by molar-refractivity contribution is 5.87. The van der Waals surface area contributed by atoms with Crippen LogP contribution in [0.5, 0.6) is 0 Å². The highest BCUT2D eigenvalue weighted by Crippen LogP contribution is 2.35. The zero-order valence-corrected chi connectivity index (χ0v) is 14.4. The first-order chi connectivity index (χ1) is 12.3. The molecule has 0 N–H and O–H groups in total. The van der Waals surface area contributed by atoms with Gasteiger partial charge in [-0.2, -0.15) is 0 Å². The summed E-state index contributed by atoms with van der Waals surface area (Å²) in [5.74, 6) is 0.186. The topological polar surface area (TPSA) is 32.8 Å². The van der Waals surface area contributed by atoms with Crippen molar-refractivity contribution < 1.29 is 9.53 Å². The van der Waals surface area contributed by atoms with Gasteiger partial charge < -0.3 is 14.5 Å². The van der Waals surface area contributed by atoms with E-state index in [1.165, 1.54) is 11.3 Å². The van der Waals surface area contributed by atoms with Crippen molar-refractivity contribution in [3.8, 4) is 0 Å². The third-order valence-electron chi connectivity index (χ3n) is 5.13. The largest absolute Gasteiger partial charge is 0.378 e. The molecule has 0 radical (unpaired) electrons. The number of para-hydroxylation sites is 1. The molecule has 0 aliphatic carbocycles. The normalized spacial score (nSPS) is 18.6. The second-order valence-corrected chi connectivity index (χ2v) is 6.68. The Bertz CT molecular complexity index is 726. The number of fused-ring (bicyclic) bond motifs is 1. The van der Waals surface area contributed by atoms with E-state index in [1.54, 1.807) is 0 Å². The van der Waals surface area contributed by atoms with E-state index < -0.39 is 0 Å². The first kappa shape index (κ1) is 16.2. The molecule has 0 aromatic heterocycles. The van der Waals surface area contributed by atoms with E-state index in [0.717, 1.165) is 24.9 Å². The number of ether oxygens (including phenoxy) is 1. The molecule has 0 unspecified atom stereocenters. The summed E-state index contributed by atoms with van der Waals surface area (Å²) in [5.41, 5.74) is 3.60. The van der Waals surface area contributed by atoms with Crippen molar-refractivity contribution in [2.45, 2.75) is 18.9 Å². The van der Waals surface area contributed by atoms with Gasteiger partial charge in [0, 0.05) is 25.3 Å². The first-order valence-corrected chi connectivity index (χ1v) is 9.10. The van der Waals surface area contributed by atoms with Gasteiger partial charge in [0.1, 0.15) is 6.04 Å². The zero-order chi connectivity index (χ0) is 17.1. The molecule has 0 bridgehead atoms. The third kappa shape index (κ3) is 3.27. The van der Waals surface area contributed by atoms with E-state index in [0.29, 0.717) is 26.3 Å². The molecular weight excluding hydrogens is 312 g/mol. The number of amides is 1. The van der Waals surface area contributed by atoms with E-state index in [2.05, 4.69) is 41.3 Å². The molecule has 4 rings (SSSR count). The van der Waals surface area contributed by atoms with Crippen LogP contribution < -0.4 is 4.90 Å². The molecule has 1 amide bonds. The van der Waals surface area contributed by atoms with Crippen molar-refractivity contribution >= 4 is 11.6 Å². The minimum atomic E-state index is -0.263. The maximum atomic E-state index is 13.4. The van der Waals surface area contributed by atoms with E-state index in [-0.39, 0.29) is 11.9 Å². The maximum Gasteiger partial charge on any atom is 0.250 e. The Hall–Kier alpha value is -2.33. The second kappa shape index (κ2) is 7.28. The molecule has 0 saturated carbocycles. The summed E-state index contributed by atoms with van der Waals surface area (Å²) in [4.78, 5) is 17.7. The average Bonchev–Trinajstić information content (AvgIpc) is 2.70. The number of anilines is 1. The van der Waals surface area contributed by atoms with Crippen molar-refractivity contribution in [3.63, 3.8) is 0 Å². The SMILES string of the molecule is O=C([C@@H](c1ccccc1)N1CCCc2ccccc21)N1CCOCC1. The summed E-state index contributed by atoms with van der Waals surface area (Å²) in [6, 6.07) is 18.4. The molecule has 4 heteroatoms. The molecule has 130 valence electrons. The fourth-order valence-electron chi connectivity index (χ4n) is 3.88. The molecule has 2 aromatic carbocycles. The number of hydrogen-bond donors (Lipinski definition) is 0. The standard InChI is InChI=1S/C21H24N2O2/c24-21(22-13-15-25-16-14-22)20(18-8-2-1-3-9-18)23-12-6-10-17-7-4-5-11-19(17)23/h1-5,7-9,11,20H,6,10,12-16H2/t20-/m1/s1. The van der Waals surface area contributed by atoms with Crippen LogP contribution in [0.3, 0.4) is 0 Å². The smallest absolute Gasteiger partial charge is 0.250 e. The van der Waals surface area contributed by atoms with E-state index in [1.807, 2.05) is 23.1 Å². The van der Waals surface area contributed by atoms with Gasteiger partial charge in [0.25, 0.3) is 0 Å². The lowest BCUT2D eigenvalue weighted by Gasteiger charge is -2.40. The van der Waals surface area contributed by atoms with Crippen molar-refractivity contribution in [1.82, 2.24) is 4.90 Å². The molecule has 25 heavy (non-hydrogen) atoms. The molecule has 2 aromatic rings. The number of morpholine rings is 1. The van der Waals surface area contributed by atoms with Crippen molar-refractivity contribution in [1.29, 1.82) is 0 Å². The summed E-state index contributed by atoms with van der Waals surface area (Å²) in [6.45, 7) is 3.52. The van der Waals surface area contributed by atoms with Gasteiger partial charge in [-0.25, -0.2) is 0 Å². The Morgan fingerprint density at radius 3 is 2.44 bits per heavy atom. The summed E-state index contributed by atoms with van der Waals surface area (Å²) in [7, 11) is 0. The van der Waals surface area contributed by atoms with Crippen LogP contribution >= 0.6 is 0 Å². The Kier molecular flexibility index (Phi) is 4.70. The Morgan fingerprint density at radius 1 is 0.920 bits per heavy atom. The molecular formula is C21H24N2O2. The minimum Gasteiger partial charge on any atom is -0.378 e. The second-order valence-electron chi connectivity index (χ2n) is 6.68. The molecule has 4 nitrogen and oxygen atoms in total. The molecule has 2 aliphatic rings. The molecule has 1 atom stereocenters. The number of rotatable bonds is 3. The van der Waals surface area contributed by atoms with Crippen LogP contribution in [0.15, 0.2) is 54.6 Å².